The van der Waals surface area contributed by atoms with Gasteiger partial charge >= 0.3 is 5.91 Å². The van der Waals surface area contributed by atoms with Crippen LogP contribution < -0.4 is 5.32 Å². The van der Waals surface area contributed by atoms with Gasteiger partial charge in [0.05, 0.1) is 17.3 Å². The molecule has 0 saturated carbocycles. The molecule has 1 fully saturated rings. The van der Waals surface area contributed by atoms with Crippen molar-refractivity contribution < 1.29 is 14.2 Å². The standard InChI is InChI=1S/C23H24N6O2/c1-14(2)29(22(31)15-3-4-18-17(9-15)19(12-24)28-27-18)21-16(13-26-29)10-23(11-20(21)30)5-7-25-8-6-23/h3-4,9,13-14,25H,5-8,10-11H2,1-2H3/p+1. The quantitative estimate of drug-likeness (QED) is 0.730. The summed E-state index contributed by atoms with van der Waals surface area (Å²) >= 11 is 0. The number of nitrogens with zero attached hydrogens (tertiary/aromatic N) is 4. The predicted molar refractivity (Wildman–Crippen MR) is 115 cm³/mol. The molecule has 1 spiro atoms. The number of carbonyl (C=O) groups excluding carboxylic acids is 2. The first-order valence-corrected chi connectivity index (χ1v) is 10.8. The second kappa shape index (κ2) is 6.94. The number of piperidine rings is 1. The molecule has 1 aromatic heterocycles. The molecule has 1 amide bonds. The highest BCUT2D eigenvalue weighted by Gasteiger charge is 2.57. The molecule has 5 rings (SSSR count). The smallest absolute Gasteiger partial charge is 0.317 e. The number of benzene rings is 1. The highest BCUT2D eigenvalue weighted by molar-refractivity contribution is 6.06. The highest BCUT2D eigenvalue weighted by atomic mass is 16.2. The van der Waals surface area contributed by atoms with E-state index in [1.165, 1.54) is 0 Å². The Morgan fingerprint density at radius 3 is 2.74 bits per heavy atom. The lowest BCUT2D eigenvalue weighted by Crippen LogP contribution is -2.54. The zero-order valence-electron chi connectivity index (χ0n) is 17.7. The van der Waals surface area contributed by atoms with Gasteiger partial charge in [0.25, 0.3) is 0 Å². The van der Waals surface area contributed by atoms with Crippen molar-refractivity contribution in [1.82, 2.24) is 15.5 Å². The molecular weight excluding hydrogens is 392 g/mol. The summed E-state index contributed by atoms with van der Waals surface area (Å²) in [6.07, 6.45) is 4.94. The Labute approximate surface area is 180 Å². The van der Waals surface area contributed by atoms with Crippen molar-refractivity contribution in [2.75, 3.05) is 13.1 Å². The van der Waals surface area contributed by atoms with Crippen molar-refractivity contribution in [2.24, 2.45) is 10.5 Å². The Morgan fingerprint density at radius 2 is 2.03 bits per heavy atom. The molecule has 31 heavy (non-hydrogen) atoms. The molecule has 3 aliphatic rings. The largest absolute Gasteiger partial charge is 0.377 e. The minimum atomic E-state index is -0.340. The average Bonchev–Trinajstić information content (AvgIpc) is 3.35. The van der Waals surface area contributed by atoms with Crippen LogP contribution in [0.25, 0.3) is 10.9 Å². The fourth-order valence-corrected chi connectivity index (χ4v) is 5.41. The molecule has 8 heteroatoms. The van der Waals surface area contributed by atoms with E-state index in [2.05, 4.69) is 15.5 Å². The van der Waals surface area contributed by atoms with E-state index in [-0.39, 0.29) is 33.4 Å². The molecule has 8 nitrogen and oxygen atoms in total. The molecule has 0 bridgehead atoms. The Balaban J connectivity index is 1.60. The molecule has 3 heterocycles. The molecule has 2 N–H and O–H groups in total. The number of hydrogen-bond donors (Lipinski definition) is 2. The van der Waals surface area contributed by atoms with Gasteiger partial charge in [0.2, 0.25) is 11.5 Å². The van der Waals surface area contributed by atoms with E-state index in [1.807, 2.05) is 19.9 Å². The number of Topliss-reactive ketones (excluding diaryl/α,β-unsaturated/α-hetero) is 1. The van der Waals surface area contributed by atoms with Crippen LogP contribution in [0.2, 0.25) is 0 Å². The van der Waals surface area contributed by atoms with Crippen molar-refractivity contribution in [3.8, 4) is 6.07 Å². The molecule has 1 saturated heterocycles. The summed E-state index contributed by atoms with van der Waals surface area (Å²) in [5.74, 6) is -0.220. The summed E-state index contributed by atoms with van der Waals surface area (Å²) in [6, 6.07) is 6.94. The van der Waals surface area contributed by atoms with Crippen molar-refractivity contribution in [1.29, 1.82) is 5.26 Å². The zero-order chi connectivity index (χ0) is 21.8. The maximum absolute atomic E-state index is 13.9. The zero-order valence-corrected chi connectivity index (χ0v) is 17.7. The van der Waals surface area contributed by atoms with Gasteiger partial charge in [-0.05, 0) is 69.8 Å². The molecule has 2 aromatic rings. The monoisotopic (exact) mass is 417 g/mol. The Hall–Kier alpha value is -3.15. The number of hydrogen-bond acceptors (Lipinski definition) is 6. The number of quaternary nitrogens is 1. The number of carbonyl (C=O) groups is 2. The topological polar surface area (TPSA) is 111 Å². The summed E-state index contributed by atoms with van der Waals surface area (Å²) < 4.78 is -0.340. The third-order valence-corrected chi connectivity index (χ3v) is 7.04. The third kappa shape index (κ3) is 2.81. The van der Waals surface area contributed by atoms with Crippen LogP contribution in [0.15, 0.2) is 34.6 Å². The minimum absolute atomic E-state index is 0.0232. The number of rotatable bonds is 2. The Kier molecular flexibility index (Phi) is 4.43. The Bertz CT molecular complexity index is 1210. The van der Waals surface area contributed by atoms with E-state index in [0.29, 0.717) is 28.6 Å². The maximum atomic E-state index is 13.9. The van der Waals surface area contributed by atoms with E-state index in [9.17, 15) is 14.9 Å². The van der Waals surface area contributed by atoms with Gasteiger partial charge in [-0.25, -0.2) is 4.79 Å². The van der Waals surface area contributed by atoms with Gasteiger partial charge in [0.15, 0.2) is 5.69 Å². The van der Waals surface area contributed by atoms with Crippen molar-refractivity contribution in [3.63, 3.8) is 0 Å². The molecule has 0 radical (unpaired) electrons. The lowest BCUT2D eigenvalue weighted by Gasteiger charge is -2.41. The lowest BCUT2D eigenvalue weighted by atomic mass is 9.67. The maximum Gasteiger partial charge on any atom is 0.377 e. The number of fused-ring (bicyclic) bond motifs is 1. The number of ketones is 1. The van der Waals surface area contributed by atoms with Crippen LogP contribution in [0.4, 0.5) is 0 Å². The van der Waals surface area contributed by atoms with Gasteiger partial charge < -0.3 is 5.32 Å². The van der Waals surface area contributed by atoms with Gasteiger partial charge in [0.1, 0.15) is 12.1 Å². The fourth-order valence-electron chi connectivity index (χ4n) is 5.41. The Morgan fingerprint density at radius 1 is 1.26 bits per heavy atom. The van der Waals surface area contributed by atoms with Gasteiger partial charge in [-0.15, -0.1) is 0 Å². The van der Waals surface area contributed by atoms with Crippen molar-refractivity contribution >= 4 is 28.8 Å². The van der Waals surface area contributed by atoms with E-state index in [0.717, 1.165) is 37.9 Å². The second-order valence-corrected chi connectivity index (χ2v) is 9.17. The molecular formula is C23H25N6O2+. The molecule has 1 unspecified atom stereocenters. The van der Waals surface area contributed by atoms with Crippen LogP contribution in [0.3, 0.4) is 0 Å². The minimum Gasteiger partial charge on any atom is -0.317 e. The molecule has 158 valence electrons. The van der Waals surface area contributed by atoms with Gasteiger partial charge in [-0.2, -0.15) is 10.4 Å². The first-order chi connectivity index (χ1) is 14.9. The number of amides is 1. The van der Waals surface area contributed by atoms with Crippen LogP contribution in [-0.2, 0) is 4.79 Å². The number of nitriles is 1. The van der Waals surface area contributed by atoms with Gasteiger partial charge in [0, 0.05) is 17.4 Å². The number of aromatic nitrogens is 2. The first kappa shape index (κ1) is 19.8. The molecule has 1 aromatic carbocycles. The van der Waals surface area contributed by atoms with Crippen LogP contribution in [0.1, 0.15) is 55.6 Å². The van der Waals surface area contributed by atoms with Crippen molar-refractivity contribution in [2.45, 2.75) is 45.6 Å². The van der Waals surface area contributed by atoms with Gasteiger partial charge in [-0.1, -0.05) is 9.69 Å². The third-order valence-electron chi connectivity index (χ3n) is 7.04. The van der Waals surface area contributed by atoms with Gasteiger partial charge in [-0.3, -0.25) is 9.89 Å². The molecule has 1 aliphatic carbocycles. The summed E-state index contributed by atoms with van der Waals surface area (Å²) in [4.78, 5) is 27.4. The van der Waals surface area contributed by atoms with E-state index >= 15 is 0 Å². The summed E-state index contributed by atoms with van der Waals surface area (Å²) in [7, 11) is 0. The summed E-state index contributed by atoms with van der Waals surface area (Å²) in [5.41, 5.74) is 2.76. The average molecular weight is 417 g/mol. The normalized spacial score (nSPS) is 24.8. The second-order valence-electron chi connectivity index (χ2n) is 9.17. The van der Waals surface area contributed by atoms with Crippen LogP contribution >= 0.6 is 0 Å². The number of H-pyrrole nitrogens is 1. The predicted octanol–water partition coefficient (Wildman–Crippen LogP) is 2.79. The van der Waals surface area contributed by atoms with E-state index in [4.69, 9.17) is 5.10 Å². The van der Waals surface area contributed by atoms with Crippen LogP contribution in [0.5, 0.6) is 0 Å². The number of allylic oxidation sites excluding steroid dienone is 2. The number of aromatic amines is 1. The SMILES string of the molecule is CC(C)[N+]1(C(=O)c2ccc3[nH]nc(C#N)c3c2)N=CC2=C1C(=O)CC1(CCNCC1)C2. The highest BCUT2D eigenvalue weighted by Crippen LogP contribution is 2.48. The first-order valence-electron chi connectivity index (χ1n) is 10.8. The summed E-state index contributed by atoms with van der Waals surface area (Å²) in [5, 5.41) is 24.8. The molecule has 2 aliphatic heterocycles. The summed E-state index contributed by atoms with van der Waals surface area (Å²) in [6.45, 7) is 5.68. The van der Waals surface area contributed by atoms with E-state index in [1.54, 1.807) is 24.4 Å². The van der Waals surface area contributed by atoms with E-state index < -0.39 is 0 Å². The lowest BCUT2D eigenvalue weighted by molar-refractivity contribution is -0.833. The number of nitrogens with one attached hydrogen (secondary N) is 2. The molecule has 1 atom stereocenters. The fraction of sp³-hybridized carbons (Fsp3) is 0.435. The van der Waals surface area contributed by atoms with Crippen LogP contribution in [-0.4, -0.2) is 51.8 Å². The van der Waals surface area contributed by atoms with Crippen LogP contribution in [0, 0.1) is 16.7 Å². The van der Waals surface area contributed by atoms with Crippen molar-refractivity contribution in [3.05, 3.63) is 40.7 Å².